The van der Waals surface area contributed by atoms with E-state index in [0.29, 0.717) is 12.1 Å². The summed E-state index contributed by atoms with van der Waals surface area (Å²) in [6.45, 7) is 0. The Balaban J connectivity index is 2.00. The van der Waals surface area contributed by atoms with Crippen molar-refractivity contribution in [3.63, 3.8) is 0 Å². The van der Waals surface area contributed by atoms with E-state index in [1.165, 1.54) is 0 Å². The third-order valence-electron chi connectivity index (χ3n) is 3.46. The molecular formula is C13H18N2O3S. The molecule has 1 atom stereocenters. The number of nitrogens with zero attached hydrogens (tertiary/aromatic N) is 1. The lowest BCUT2D eigenvalue weighted by Gasteiger charge is -2.23. The fourth-order valence-corrected chi connectivity index (χ4v) is 4.06. The van der Waals surface area contributed by atoms with Crippen LogP contribution < -0.4 is 5.73 Å². The maximum Gasteiger partial charge on any atom is 0.227 e. The van der Waals surface area contributed by atoms with Crippen LogP contribution in [-0.2, 0) is 21.1 Å². The number of likely N-dealkylation sites (N-methyl/N-ethyl adjacent to an activating group) is 1. The number of carbonyl (C=O) groups excluding carboxylic acids is 1. The van der Waals surface area contributed by atoms with Gasteiger partial charge in [0.15, 0.2) is 9.84 Å². The summed E-state index contributed by atoms with van der Waals surface area (Å²) in [4.78, 5) is 13.7. The predicted octanol–water partition coefficient (Wildman–Crippen LogP) is 0.457. The number of rotatable bonds is 3. The van der Waals surface area contributed by atoms with Crippen LogP contribution in [-0.4, -0.2) is 43.8 Å². The first kappa shape index (κ1) is 13.9. The van der Waals surface area contributed by atoms with Gasteiger partial charge in [0.05, 0.1) is 17.9 Å². The fourth-order valence-electron chi connectivity index (χ4n) is 2.29. The molecule has 1 aliphatic heterocycles. The molecule has 1 saturated heterocycles. The molecule has 1 aromatic carbocycles. The number of carbonyl (C=O) groups is 1. The molecule has 1 unspecified atom stereocenters. The Morgan fingerprint density at radius 1 is 1.47 bits per heavy atom. The van der Waals surface area contributed by atoms with Crippen molar-refractivity contribution in [1.82, 2.24) is 4.90 Å². The first-order valence-corrected chi connectivity index (χ1v) is 8.00. The summed E-state index contributed by atoms with van der Waals surface area (Å²) in [6, 6.07) is 6.97. The molecule has 1 amide bonds. The van der Waals surface area contributed by atoms with Crippen LogP contribution in [0.3, 0.4) is 0 Å². The first-order chi connectivity index (χ1) is 8.87. The Kier molecular flexibility index (Phi) is 3.80. The van der Waals surface area contributed by atoms with Gasteiger partial charge in [-0.2, -0.15) is 0 Å². The maximum atomic E-state index is 12.1. The Morgan fingerprint density at radius 2 is 2.21 bits per heavy atom. The Morgan fingerprint density at radius 3 is 2.79 bits per heavy atom. The molecule has 2 N–H and O–H groups in total. The molecule has 1 heterocycles. The van der Waals surface area contributed by atoms with E-state index < -0.39 is 9.84 Å². The minimum Gasteiger partial charge on any atom is -0.399 e. The zero-order valence-corrected chi connectivity index (χ0v) is 11.7. The molecule has 0 bridgehead atoms. The van der Waals surface area contributed by atoms with Crippen molar-refractivity contribution in [2.24, 2.45) is 0 Å². The normalized spacial score (nSPS) is 21.2. The quantitative estimate of drug-likeness (QED) is 0.817. The largest absolute Gasteiger partial charge is 0.399 e. The standard InChI is InChI=1S/C13H18N2O3S/c1-15(12-5-6-19(17,18)9-12)13(16)8-10-3-2-4-11(14)7-10/h2-4,7,12H,5-6,8-9,14H2,1H3. The number of hydrogen-bond acceptors (Lipinski definition) is 4. The number of amides is 1. The summed E-state index contributed by atoms with van der Waals surface area (Å²) >= 11 is 0. The summed E-state index contributed by atoms with van der Waals surface area (Å²) in [5, 5.41) is 0. The highest BCUT2D eigenvalue weighted by molar-refractivity contribution is 7.91. The summed E-state index contributed by atoms with van der Waals surface area (Å²) in [5.74, 6) is 0.174. The lowest BCUT2D eigenvalue weighted by molar-refractivity contribution is -0.130. The molecule has 1 fully saturated rings. The van der Waals surface area contributed by atoms with Crippen LogP contribution in [0, 0.1) is 0 Å². The van der Waals surface area contributed by atoms with E-state index in [0.717, 1.165) is 5.56 Å². The Hall–Kier alpha value is -1.56. The number of hydrogen-bond donors (Lipinski definition) is 1. The van der Waals surface area contributed by atoms with Crippen molar-refractivity contribution < 1.29 is 13.2 Å². The highest BCUT2D eigenvalue weighted by Gasteiger charge is 2.32. The molecule has 0 spiro atoms. The minimum atomic E-state index is -2.97. The molecule has 0 aliphatic carbocycles. The van der Waals surface area contributed by atoms with Gasteiger partial charge in [0.2, 0.25) is 5.91 Å². The Labute approximate surface area is 113 Å². The molecular weight excluding hydrogens is 264 g/mol. The molecule has 5 nitrogen and oxygen atoms in total. The number of anilines is 1. The highest BCUT2D eigenvalue weighted by Crippen LogP contribution is 2.17. The second-order valence-corrected chi connectivity index (χ2v) is 7.21. The van der Waals surface area contributed by atoms with E-state index in [4.69, 9.17) is 5.73 Å². The molecule has 1 aromatic rings. The van der Waals surface area contributed by atoms with Gasteiger partial charge in [0.1, 0.15) is 0 Å². The van der Waals surface area contributed by atoms with Gasteiger partial charge in [0.25, 0.3) is 0 Å². The van der Waals surface area contributed by atoms with Gasteiger partial charge >= 0.3 is 0 Å². The lowest BCUT2D eigenvalue weighted by atomic mass is 10.1. The van der Waals surface area contributed by atoms with Crippen molar-refractivity contribution >= 4 is 21.4 Å². The van der Waals surface area contributed by atoms with Crippen LogP contribution in [0.15, 0.2) is 24.3 Å². The van der Waals surface area contributed by atoms with Gasteiger partial charge in [-0.3, -0.25) is 4.79 Å². The summed E-state index contributed by atoms with van der Waals surface area (Å²) in [7, 11) is -1.30. The zero-order chi connectivity index (χ0) is 14.0. The summed E-state index contributed by atoms with van der Waals surface area (Å²) in [6.07, 6.45) is 0.777. The van der Waals surface area contributed by atoms with Gasteiger partial charge in [0, 0.05) is 18.8 Å². The summed E-state index contributed by atoms with van der Waals surface area (Å²) in [5.41, 5.74) is 7.13. The zero-order valence-electron chi connectivity index (χ0n) is 10.9. The van der Waals surface area contributed by atoms with Crippen molar-refractivity contribution in [2.45, 2.75) is 18.9 Å². The molecule has 0 aromatic heterocycles. The topological polar surface area (TPSA) is 80.5 Å². The van der Waals surface area contributed by atoms with Gasteiger partial charge in [-0.1, -0.05) is 12.1 Å². The summed E-state index contributed by atoms with van der Waals surface area (Å²) < 4.78 is 22.8. The molecule has 19 heavy (non-hydrogen) atoms. The molecule has 0 saturated carbocycles. The third kappa shape index (κ3) is 3.47. The maximum absolute atomic E-state index is 12.1. The van der Waals surface area contributed by atoms with Gasteiger partial charge < -0.3 is 10.6 Å². The molecule has 0 radical (unpaired) electrons. The lowest BCUT2D eigenvalue weighted by Crippen LogP contribution is -2.38. The molecule has 6 heteroatoms. The number of sulfone groups is 1. The monoisotopic (exact) mass is 282 g/mol. The number of nitrogens with two attached hydrogens (primary N) is 1. The number of nitrogen functional groups attached to an aromatic ring is 1. The van der Waals surface area contributed by atoms with E-state index >= 15 is 0 Å². The van der Waals surface area contributed by atoms with E-state index in [9.17, 15) is 13.2 Å². The van der Waals surface area contributed by atoms with E-state index in [1.54, 1.807) is 30.1 Å². The average Bonchev–Trinajstić information content (AvgIpc) is 2.68. The van der Waals surface area contributed by atoms with Gasteiger partial charge in [-0.05, 0) is 24.1 Å². The van der Waals surface area contributed by atoms with Gasteiger partial charge in [-0.15, -0.1) is 0 Å². The predicted molar refractivity (Wildman–Crippen MR) is 74.4 cm³/mol. The van der Waals surface area contributed by atoms with Gasteiger partial charge in [-0.25, -0.2) is 8.42 Å². The smallest absolute Gasteiger partial charge is 0.227 e. The van der Waals surface area contributed by atoms with Crippen LogP contribution in [0.1, 0.15) is 12.0 Å². The first-order valence-electron chi connectivity index (χ1n) is 6.18. The van der Waals surface area contributed by atoms with E-state index in [1.807, 2.05) is 6.07 Å². The molecule has 1 aliphatic rings. The second-order valence-electron chi connectivity index (χ2n) is 4.98. The Bertz CT molecular complexity index is 583. The van der Waals surface area contributed by atoms with Crippen LogP contribution >= 0.6 is 0 Å². The van der Waals surface area contributed by atoms with Crippen LogP contribution in [0.4, 0.5) is 5.69 Å². The molecule has 104 valence electrons. The van der Waals surface area contributed by atoms with Crippen LogP contribution in [0.5, 0.6) is 0 Å². The number of benzene rings is 1. The van der Waals surface area contributed by atoms with Crippen molar-refractivity contribution in [3.8, 4) is 0 Å². The van der Waals surface area contributed by atoms with Crippen molar-refractivity contribution in [2.75, 3.05) is 24.3 Å². The average molecular weight is 282 g/mol. The van der Waals surface area contributed by atoms with Crippen molar-refractivity contribution in [3.05, 3.63) is 29.8 Å². The third-order valence-corrected chi connectivity index (χ3v) is 5.21. The van der Waals surface area contributed by atoms with Crippen LogP contribution in [0.25, 0.3) is 0 Å². The minimum absolute atomic E-state index is 0.0756. The highest BCUT2D eigenvalue weighted by atomic mass is 32.2. The van der Waals surface area contributed by atoms with E-state index in [2.05, 4.69) is 0 Å². The van der Waals surface area contributed by atoms with Crippen LogP contribution in [0.2, 0.25) is 0 Å². The van der Waals surface area contributed by atoms with Crippen molar-refractivity contribution in [1.29, 1.82) is 0 Å². The second kappa shape index (κ2) is 5.21. The fraction of sp³-hybridized carbons (Fsp3) is 0.462. The SMILES string of the molecule is CN(C(=O)Cc1cccc(N)c1)C1CCS(=O)(=O)C1. The van der Waals surface area contributed by atoms with E-state index in [-0.39, 0.29) is 29.9 Å². The molecule has 2 rings (SSSR count).